The van der Waals surface area contributed by atoms with Gasteiger partial charge in [0.2, 0.25) is 5.91 Å². The second-order valence-electron chi connectivity index (χ2n) is 5.44. The van der Waals surface area contributed by atoms with Gasteiger partial charge >= 0.3 is 0 Å². The molecule has 126 valence electrons. The Kier molecular flexibility index (Phi) is 5.63. The van der Waals surface area contributed by atoms with Gasteiger partial charge in [-0.05, 0) is 35.7 Å². The van der Waals surface area contributed by atoms with Crippen molar-refractivity contribution >= 4 is 39.6 Å². The average Bonchev–Trinajstić information content (AvgIpc) is 3.03. The second-order valence-corrected chi connectivity index (χ2v) is 6.79. The van der Waals surface area contributed by atoms with Gasteiger partial charge in [0, 0.05) is 23.7 Å². The number of ketones is 1. The quantitative estimate of drug-likeness (QED) is 0.829. The summed E-state index contributed by atoms with van der Waals surface area (Å²) in [5, 5.41) is 5.81. The Morgan fingerprint density at radius 1 is 1.17 bits per heavy atom. The molecule has 0 aliphatic carbocycles. The minimum atomic E-state index is -0.130. The topological polar surface area (TPSA) is 58.6 Å². The largest absolute Gasteiger partial charge is 0.379 e. The molecule has 0 saturated carbocycles. The lowest BCUT2D eigenvalue weighted by atomic mass is 10.1. The van der Waals surface area contributed by atoms with Crippen molar-refractivity contribution in [3.63, 3.8) is 0 Å². The van der Waals surface area contributed by atoms with Gasteiger partial charge < -0.3 is 10.1 Å². The minimum absolute atomic E-state index is 0.121. The first-order valence-electron chi connectivity index (χ1n) is 7.61. The number of nitrogens with zero attached hydrogens (tertiary/aromatic N) is 1. The number of morpholine rings is 1. The van der Waals surface area contributed by atoms with E-state index in [1.165, 1.54) is 11.3 Å². The summed E-state index contributed by atoms with van der Waals surface area (Å²) in [4.78, 5) is 26.9. The standard InChI is InChI=1S/C17H17ClN2O3S/c18-13-3-1-12(2-4-13)16(22)14-5-10-24-17(14)19-15(21)11-20-6-8-23-9-7-20/h1-5,10H,6-9,11H2,(H,19,21). The number of hydrogen-bond donors (Lipinski definition) is 1. The van der Waals surface area contributed by atoms with Crippen molar-refractivity contribution in [2.75, 3.05) is 38.2 Å². The zero-order chi connectivity index (χ0) is 16.9. The van der Waals surface area contributed by atoms with Crippen molar-refractivity contribution in [2.45, 2.75) is 0 Å². The molecule has 7 heteroatoms. The van der Waals surface area contributed by atoms with E-state index >= 15 is 0 Å². The fourth-order valence-electron chi connectivity index (χ4n) is 2.47. The monoisotopic (exact) mass is 364 g/mol. The second kappa shape index (κ2) is 7.90. The van der Waals surface area contributed by atoms with Crippen LogP contribution >= 0.6 is 22.9 Å². The third-order valence-electron chi connectivity index (χ3n) is 3.74. The Labute approximate surface area is 149 Å². The van der Waals surface area contributed by atoms with E-state index in [9.17, 15) is 9.59 Å². The number of ether oxygens (including phenoxy) is 1. The van der Waals surface area contributed by atoms with E-state index in [1.807, 2.05) is 4.90 Å². The van der Waals surface area contributed by atoms with Crippen LogP contribution < -0.4 is 5.32 Å². The maximum atomic E-state index is 12.6. The summed E-state index contributed by atoms with van der Waals surface area (Å²) in [7, 11) is 0. The maximum Gasteiger partial charge on any atom is 0.239 e. The average molecular weight is 365 g/mol. The van der Waals surface area contributed by atoms with Gasteiger partial charge in [-0.2, -0.15) is 0 Å². The van der Waals surface area contributed by atoms with Gasteiger partial charge in [-0.3, -0.25) is 14.5 Å². The Balaban J connectivity index is 1.67. The van der Waals surface area contributed by atoms with Crippen molar-refractivity contribution in [2.24, 2.45) is 0 Å². The summed E-state index contributed by atoms with van der Waals surface area (Å²) in [6.07, 6.45) is 0. The van der Waals surface area contributed by atoms with Crippen LogP contribution in [-0.4, -0.2) is 49.4 Å². The molecule has 5 nitrogen and oxygen atoms in total. The molecular formula is C17H17ClN2O3S. The van der Waals surface area contributed by atoms with E-state index in [1.54, 1.807) is 35.7 Å². The summed E-state index contributed by atoms with van der Waals surface area (Å²) in [5.41, 5.74) is 1.04. The van der Waals surface area contributed by atoms with E-state index in [2.05, 4.69) is 5.32 Å². The molecule has 0 unspecified atom stereocenters. The summed E-state index contributed by atoms with van der Waals surface area (Å²) in [6.45, 7) is 3.08. The predicted octanol–water partition coefficient (Wildman–Crippen LogP) is 2.90. The highest BCUT2D eigenvalue weighted by atomic mass is 35.5. The van der Waals surface area contributed by atoms with Crippen LogP contribution in [0.15, 0.2) is 35.7 Å². The van der Waals surface area contributed by atoms with Crippen LogP contribution in [0.5, 0.6) is 0 Å². The van der Waals surface area contributed by atoms with Crippen LogP contribution in [0, 0.1) is 0 Å². The van der Waals surface area contributed by atoms with Gasteiger partial charge in [-0.1, -0.05) is 11.6 Å². The van der Waals surface area contributed by atoms with E-state index < -0.39 is 0 Å². The van der Waals surface area contributed by atoms with Crippen LogP contribution in [0.1, 0.15) is 15.9 Å². The number of rotatable bonds is 5. The van der Waals surface area contributed by atoms with Crippen LogP contribution in [0.3, 0.4) is 0 Å². The molecule has 1 aromatic carbocycles. The van der Waals surface area contributed by atoms with Crippen LogP contribution in [0.2, 0.25) is 5.02 Å². The number of anilines is 1. The zero-order valence-corrected chi connectivity index (χ0v) is 14.5. The highest BCUT2D eigenvalue weighted by Crippen LogP contribution is 2.26. The van der Waals surface area contributed by atoms with Crippen molar-refractivity contribution in [3.8, 4) is 0 Å². The molecule has 1 fully saturated rings. The third-order valence-corrected chi connectivity index (χ3v) is 4.82. The number of carbonyl (C=O) groups is 2. The van der Waals surface area contributed by atoms with Gasteiger partial charge in [-0.25, -0.2) is 0 Å². The fraction of sp³-hybridized carbons (Fsp3) is 0.294. The van der Waals surface area contributed by atoms with Gasteiger partial charge in [0.25, 0.3) is 0 Å². The lowest BCUT2D eigenvalue weighted by Gasteiger charge is -2.25. The fourth-order valence-corrected chi connectivity index (χ4v) is 3.40. The molecule has 3 rings (SSSR count). The Bertz CT molecular complexity index is 724. The van der Waals surface area contributed by atoms with E-state index in [-0.39, 0.29) is 11.7 Å². The number of halogens is 1. The molecule has 1 saturated heterocycles. The van der Waals surface area contributed by atoms with Gasteiger partial charge in [0.05, 0.1) is 25.3 Å². The number of nitrogens with one attached hydrogen (secondary N) is 1. The Hall–Kier alpha value is -1.73. The van der Waals surface area contributed by atoms with Crippen LogP contribution in [0.4, 0.5) is 5.00 Å². The Morgan fingerprint density at radius 2 is 1.88 bits per heavy atom. The summed E-state index contributed by atoms with van der Waals surface area (Å²) in [5.74, 6) is -0.251. The molecule has 1 amide bonds. The van der Waals surface area contributed by atoms with E-state index in [0.29, 0.717) is 40.9 Å². The molecule has 0 bridgehead atoms. The SMILES string of the molecule is O=C(CN1CCOCC1)Nc1sccc1C(=O)c1ccc(Cl)cc1. The molecule has 2 heterocycles. The van der Waals surface area contributed by atoms with Crippen molar-refractivity contribution in [3.05, 3.63) is 51.9 Å². The first-order chi connectivity index (χ1) is 11.6. The summed E-state index contributed by atoms with van der Waals surface area (Å²) < 4.78 is 5.27. The van der Waals surface area contributed by atoms with Crippen molar-refractivity contribution < 1.29 is 14.3 Å². The smallest absolute Gasteiger partial charge is 0.239 e. The first-order valence-corrected chi connectivity index (χ1v) is 8.87. The maximum absolute atomic E-state index is 12.6. The molecule has 1 aromatic heterocycles. The zero-order valence-electron chi connectivity index (χ0n) is 13.0. The Morgan fingerprint density at radius 3 is 2.58 bits per heavy atom. The normalized spacial score (nSPS) is 15.2. The summed E-state index contributed by atoms with van der Waals surface area (Å²) >= 11 is 7.20. The number of amides is 1. The highest BCUT2D eigenvalue weighted by Gasteiger charge is 2.19. The van der Waals surface area contributed by atoms with Gasteiger partial charge in [0.1, 0.15) is 5.00 Å². The molecule has 2 aromatic rings. The highest BCUT2D eigenvalue weighted by molar-refractivity contribution is 7.14. The van der Waals surface area contributed by atoms with Crippen LogP contribution in [-0.2, 0) is 9.53 Å². The third kappa shape index (κ3) is 4.21. The lowest BCUT2D eigenvalue weighted by molar-refractivity contribution is -0.118. The van der Waals surface area contributed by atoms with Gasteiger partial charge in [0.15, 0.2) is 5.78 Å². The molecule has 24 heavy (non-hydrogen) atoms. The molecule has 0 radical (unpaired) electrons. The molecule has 1 aliphatic rings. The first kappa shape index (κ1) is 17.1. The number of hydrogen-bond acceptors (Lipinski definition) is 5. The number of carbonyl (C=O) groups excluding carboxylic acids is 2. The summed E-state index contributed by atoms with van der Waals surface area (Å²) in [6, 6.07) is 8.45. The van der Waals surface area contributed by atoms with E-state index in [4.69, 9.17) is 16.3 Å². The molecular weight excluding hydrogens is 348 g/mol. The predicted molar refractivity (Wildman–Crippen MR) is 95.1 cm³/mol. The molecule has 1 aliphatic heterocycles. The van der Waals surface area contributed by atoms with Gasteiger partial charge in [-0.15, -0.1) is 11.3 Å². The molecule has 0 atom stereocenters. The molecule has 0 spiro atoms. The van der Waals surface area contributed by atoms with Crippen molar-refractivity contribution in [1.82, 2.24) is 4.90 Å². The number of thiophene rings is 1. The lowest BCUT2D eigenvalue weighted by Crippen LogP contribution is -2.41. The number of benzene rings is 1. The minimum Gasteiger partial charge on any atom is -0.379 e. The van der Waals surface area contributed by atoms with Crippen LogP contribution in [0.25, 0.3) is 0 Å². The molecule has 1 N–H and O–H groups in total. The van der Waals surface area contributed by atoms with E-state index in [0.717, 1.165) is 13.1 Å². The van der Waals surface area contributed by atoms with Crippen molar-refractivity contribution in [1.29, 1.82) is 0 Å².